The van der Waals surface area contributed by atoms with E-state index in [1.807, 2.05) is 0 Å². The lowest BCUT2D eigenvalue weighted by molar-refractivity contribution is 0.0464. The number of esters is 1. The summed E-state index contributed by atoms with van der Waals surface area (Å²) in [6.07, 6.45) is 0. The van der Waals surface area contributed by atoms with Crippen LogP contribution in [-0.4, -0.2) is 11.1 Å². The maximum atomic E-state index is 12.9. The van der Waals surface area contributed by atoms with Crippen molar-refractivity contribution in [2.45, 2.75) is 6.61 Å². The standard InChI is InChI=1S/C17H11BrFNO3/c18-13-5-1-12(2-6-13)17(21)22-10-15-9-16(23-20-15)11-3-7-14(19)8-4-11/h1-9H,10H2. The fourth-order valence-electron chi connectivity index (χ4n) is 1.94. The van der Waals surface area contributed by atoms with Crippen LogP contribution in [0.2, 0.25) is 0 Å². The van der Waals surface area contributed by atoms with Crippen molar-refractivity contribution >= 4 is 21.9 Å². The Morgan fingerprint density at radius 3 is 2.52 bits per heavy atom. The van der Waals surface area contributed by atoms with Gasteiger partial charge in [-0.2, -0.15) is 0 Å². The zero-order chi connectivity index (χ0) is 16.2. The highest BCUT2D eigenvalue weighted by Gasteiger charge is 2.11. The van der Waals surface area contributed by atoms with Gasteiger partial charge in [0.05, 0.1) is 5.56 Å². The molecule has 1 heterocycles. The van der Waals surface area contributed by atoms with Crippen molar-refractivity contribution in [3.8, 4) is 11.3 Å². The van der Waals surface area contributed by atoms with Crippen LogP contribution < -0.4 is 0 Å². The topological polar surface area (TPSA) is 52.3 Å². The van der Waals surface area contributed by atoms with Gasteiger partial charge in [0, 0.05) is 16.1 Å². The molecule has 23 heavy (non-hydrogen) atoms. The number of benzene rings is 2. The first-order chi connectivity index (χ1) is 11.1. The van der Waals surface area contributed by atoms with E-state index in [-0.39, 0.29) is 12.4 Å². The minimum atomic E-state index is -0.441. The second kappa shape index (κ2) is 6.75. The second-order valence-corrected chi connectivity index (χ2v) is 5.69. The molecular weight excluding hydrogens is 365 g/mol. The molecule has 0 N–H and O–H groups in total. The molecule has 3 rings (SSSR count). The van der Waals surface area contributed by atoms with Gasteiger partial charge in [-0.15, -0.1) is 0 Å². The lowest BCUT2D eigenvalue weighted by Gasteiger charge is -2.02. The first kappa shape index (κ1) is 15.4. The molecule has 0 saturated heterocycles. The van der Waals surface area contributed by atoms with Gasteiger partial charge in [-0.1, -0.05) is 21.1 Å². The molecule has 6 heteroatoms. The first-order valence-corrected chi connectivity index (χ1v) is 7.55. The zero-order valence-corrected chi connectivity index (χ0v) is 13.4. The van der Waals surface area contributed by atoms with Gasteiger partial charge < -0.3 is 9.26 Å². The molecule has 0 aliphatic heterocycles. The van der Waals surface area contributed by atoms with Crippen LogP contribution in [-0.2, 0) is 11.3 Å². The number of ether oxygens (including phenoxy) is 1. The Balaban J connectivity index is 1.64. The average Bonchev–Trinajstić information content (AvgIpc) is 3.03. The van der Waals surface area contributed by atoms with Crippen LogP contribution >= 0.6 is 15.9 Å². The SMILES string of the molecule is O=C(OCc1cc(-c2ccc(F)cc2)on1)c1ccc(Br)cc1. The van der Waals surface area contributed by atoms with Gasteiger partial charge in [0.15, 0.2) is 5.76 Å². The highest BCUT2D eigenvalue weighted by atomic mass is 79.9. The normalized spacial score (nSPS) is 10.5. The molecule has 0 bridgehead atoms. The summed E-state index contributed by atoms with van der Waals surface area (Å²) < 4.78 is 24.1. The maximum Gasteiger partial charge on any atom is 0.338 e. The van der Waals surface area contributed by atoms with Crippen LogP contribution in [0.1, 0.15) is 16.1 Å². The lowest BCUT2D eigenvalue weighted by atomic mass is 10.1. The van der Waals surface area contributed by atoms with E-state index in [0.29, 0.717) is 22.6 Å². The Hall–Kier alpha value is -2.47. The van der Waals surface area contributed by atoms with Crippen molar-refractivity contribution < 1.29 is 18.4 Å². The van der Waals surface area contributed by atoms with Crippen LogP contribution in [0.3, 0.4) is 0 Å². The molecule has 0 amide bonds. The van der Waals surface area contributed by atoms with Crippen molar-refractivity contribution in [2.75, 3.05) is 0 Å². The summed E-state index contributed by atoms with van der Waals surface area (Å²) in [5.74, 6) is -0.277. The van der Waals surface area contributed by atoms with Crippen LogP contribution in [0.25, 0.3) is 11.3 Å². The Morgan fingerprint density at radius 1 is 1.13 bits per heavy atom. The molecule has 4 nitrogen and oxygen atoms in total. The molecule has 2 aromatic carbocycles. The van der Waals surface area contributed by atoms with E-state index in [2.05, 4.69) is 21.1 Å². The molecule has 0 saturated carbocycles. The van der Waals surface area contributed by atoms with E-state index in [0.717, 1.165) is 4.47 Å². The van der Waals surface area contributed by atoms with Crippen molar-refractivity contribution in [2.24, 2.45) is 0 Å². The van der Waals surface area contributed by atoms with E-state index in [9.17, 15) is 9.18 Å². The predicted molar refractivity (Wildman–Crippen MR) is 85.2 cm³/mol. The average molecular weight is 376 g/mol. The molecule has 0 radical (unpaired) electrons. The fraction of sp³-hybridized carbons (Fsp3) is 0.0588. The minimum absolute atomic E-state index is 0.000405. The maximum absolute atomic E-state index is 12.9. The van der Waals surface area contributed by atoms with Crippen molar-refractivity contribution in [3.63, 3.8) is 0 Å². The molecule has 1 aromatic heterocycles. The minimum Gasteiger partial charge on any atom is -0.455 e. The molecule has 0 unspecified atom stereocenters. The largest absolute Gasteiger partial charge is 0.455 e. The Labute approximate surface area is 140 Å². The van der Waals surface area contributed by atoms with Crippen molar-refractivity contribution in [3.05, 3.63) is 76.1 Å². The first-order valence-electron chi connectivity index (χ1n) is 6.76. The van der Waals surface area contributed by atoms with Crippen molar-refractivity contribution in [1.82, 2.24) is 5.16 Å². The molecule has 116 valence electrons. The van der Waals surface area contributed by atoms with E-state index in [1.54, 1.807) is 42.5 Å². The number of carbonyl (C=O) groups is 1. The van der Waals surface area contributed by atoms with Gasteiger partial charge >= 0.3 is 5.97 Å². The van der Waals surface area contributed by atoms with Gasteiger partial charge in [-0.25, -0.2) is 9.18 Å². The highest BCUT2D eigenvalue weighted by Crippen LogP contribution is 2.21. The lowest BCUT2D eigenvalue weighted by Crippen LogP contribution is -2.05. The summed E-state index contributed by atoms with van der Waals surface area (Å²) in [6.45, 7) is -0.000405. The number of nitrogens with zero attached hydrogens (tertiary/aromatic N) is 1. The van der Waals surface area contributed by atoms with Gasteiger partial charge in [0.2, 0.25) is 0 Å². The van der Waals surface area contributed by atoms with Gasteiger partial charge in [-0.05, 0) is 48.5 Å². The summed E-state index contributed by atoms with van der Waals surface area (Å²) in [4.78, 5) is 11.9. The van der Waals surface area contributed by atoms with E-state index in [1.165, 1.54) is 12.1 Å². The molecule has 3 aromatic rings. The van der Waals surface area contributed by atoms with Gasteiger partial charge in [-0.3, -0.25) is 0 Å². The Bertz CT molecular complexity index is 813. The highest BCUT2D eigenvalue weighted by molar-refractivity contribution is 9.10. The zero-order valence-electron chi connectivity index (χ0n) is 11.8. The number of halogens is 2. The van der Waals surface area contributed by atoms with Crippen molar-refractivity contribution in [1.29, 1.82) is 0 Å². The number of rotatable bonds is 4. The summed E-state index contributed by atoms with van der Waals surface area (Å²) in [6, 6.07) is 14.4. The summed E-state index contributed by atoms with van der Waals surface area (Å²) in [5.41, 5.74) is 1.63. The number of aromatic nitrogens is 1. The molecule has 0 atom stereocenters. The third-order valence-corrected chi connectivity index (χ3v) is 3.65. The fourth-order valence-corrected chi connectivity index (χ4v) is 2.20. The monoisotopic (exact) mass is 375 g/mol. The van der Waals surface area contributed by atoms with Crippen LogP contribution in [0.5, 0.6) is 0 Å². The number of hydrogen-bond acceptors (Lipinski definition) is 4. The van der Waals surface area contributed by atoms with Crippen LogP contribution in [0, 0.1) is 5.82 Å². The Kier molecular flexibility index (Phi) is 4.52. The van der Waals surface area contributed by atoms with E-state index in [4.69, 9.17) is 9.26 Å². The van der Waals surface area contributed by atoms with Gasteiger partial charge in [0.25, 0.3) is 0 Å². The van der Waals surface area contributed by atoms with E-state index < -0.39 is 5.97 Å². The second-order valence-electron chi connectivity index (χ2n) is 4.77. The molecule has 0 fully saturated rings. The Morgan fingerprint density at radius 2 is 1.83 bits per heavy atom. The molecular formula is C17H11BrFNO3. The number of carbonyl (C=O) groups excluding carboxylic acids is 1. The quantitative estimate of drug-likeness (QED) is 0.625. The predicted octanol–water partition coefficient (Wildman–Crippen LogP) is 4.60. The van der Waals surface area contributed by atoms with Gasteiger partial charge in [0.1, 0.15) is 18.1 Å². The molecule has 0 aliphatic carbocycles. The summed E-state index contributed by atoms with van der Waals surface area (Å²) in [7, 11) is 0. The van der Waals surface area contributed by atoms with E-state index >= 15 is 0 Å². The third kappa shape index (κ3) is 3.84. The van der Waals surface area contributed by atoms with Crippen LogP contribution in [0.15, 0.2) is 63.6 Å². The molecule has 0 spiro atoms. The number of hydrogen-bond donors (Lipinski definition) is 0. The molecule has 0 aliphatic rings. The summed E-state index contributed by atoms with van der Waals surface area (Å²) in [5, 5.41) is 3.84. The smallest absolute Gasteiger partial charge is 0.338 e. The van der Waals surface area contributed by atoms with Crippen LogP contribution in [0.4, 0.5) is 4.39 Å². The summed E-state index contributed by atoms with van der Waals surface area (Å²) >= 11 is 3.30. The third-order valence-electron chi connectivity index (χ3n) is 3.12.